The minimum Gasteiger partial charge on any atom is -0.0683 e. The van der Waals surface area contributed by atoms with E-state index in [4.69, 9.17) is 0 Å². The van der Waals surface area contributed by atoms with E-state index in [0.29, 0.717) is 5.41 Å². The monoisotopic (exact) mass is 206 g/mol. The SMILES string of the molecule is CC.CCC(CC)(CC)c1ccccc1. The van der Waals surface area contributed by atoms with E-state index in [2.05, 4.69) is 51.1 Å². The molecule has 0 unspecified atom stereocenters. The predicted octanol–water partition coefficient (Wildman–Crippen LogP) is 5.18. The quantitative estimate of drug-likeness (QED) is 0.636. The van der Waals surface area contributed by atoms with E-state index in [9.17, 15) is 0 Å². The molecule has 0 amide bonds. The van der Waals surface area contributed by atoms with Crippen molar-refractivity contribution in [2.24, 2.45) is 0 Å². The van der Waals surface area contributed by atoms with Gasteiger partial charge in [0.1, 0.15) is 0 Å². The number of rotatable bonds is 4. The highest BCUT2D eigenvalue weighted by Crippen LogP contribution is 2.34. The largest absolute Gasteiger partial charge is 0.0683 e. The molecule has 1 rings (SSSR count). The van der Waals surface area contributed by atoms with Crippen molar-refractivity contribution in [1.82, 2.24) is 0 Å². The van der Waals surface area contributed by atoms with Crippen molar-refractivity contribution < 1.29 is 0 Å². The van der Waals surface area contributed by atoms with Gasteiger partial charge in [-0.25, -0.2) is 0 Å². The molecule has 0 aromatic heterocycles. The van der Waals surface area contributed by atoms with Crippen molar-refractivity contribution >= 4 is 0 Å². The Kier molecular flexibility index (Phi) is 7.11. The van der Waals surface area contributed by atoms with Crippen LogP contribution in [0.2, 0.25) is 0 Å². The standard InChI is InChI=1S/C13H20.C2H6/c1-4-13(5-2,6-3)12-10-8-7-9-11-12;1-2/h7-11H,4-6H2,1-3H3;1-2H3. The van der Waals surface area contributed by atoms with E-state index in [-0.39, 0.29) is 0 Å². The Hall–Kier alpha value is -0.780. The van der Waals surface area contributed by atoms with Gasteiger partial charge in [-0.2, -0.15) is 0 Å². The topological polar surface area (TPSA) is 0 Å². The van der Waals surface area contributed by atoms with E-state index in [1.807, 2.05) is 13.8 Å². The fraction of sp³-hybridized carbons (Fsp3) is 0.600. The van der Waals surface area contributed by atoms with Crippen LogP contribution < -0.4 is 0 Å². The Morgan fingerprint density at radius 1 is 0.800 bits per heavy atom. The third-order valence-electron chi connectivity index (χ3n) is 3.42. The van der Waals surface area contributed by atoms with Gasteiger partial charge in [0.2, 0.25) is 0 Å². The zero-order chi connectivity index (χ0) is 11.7. The maximum absolute atomic E-state index is 2.29. The predicted molar refractivity (Wildman–Crippen MR) is 70.3 cm³/mol. The first-order valence-corrected chi connectivity index (χ1v) is 6.34. The van der Waals surface area contributed by atoms with Gasteiger partial charge in [0.25, 0.3) is 0 Å². The first-order chi connectivity index (χ1) is 7.29. The summed E-state index contributed by atoms with van der Waals surface area (Å²) in [5, 5.41) is 0. The summed E-state index contributed by atoms with van der Waals surface area (Å²) >= 11 is 0. The maximum atomic E-state index is 2.29. The van der Waals surface area contributed by atoms with Crippen molar-refractivity contribution in [3.05, 3.63) is 35.9 Å². The van der Waals surface area contributed by atoms with Crippen LogP contribution >= 0.6 is 0 Å². The van der Waals surface area contributed by atoms with Gasteiger partial charge < -0.3 is 0 Å². The van der Waals surface area contributed by atoms with Gasteiger partial charge in [0.05, 0.1) is 0 Å². The summed E-state index contributed by atoms with van der Waals surface area (Å²) in [6, 6.07) is 10.9. The fourth-order valence-corrected chi connectivity index (χ4v) is 2.15. The van der Waals surface area contributed by atoms with E-state index in [0.717, 1.165) is 0 Å². The van der Waals surface area contributed by atoms with E-state index in [1.165, 1.54) is 24.8 Å². The molecule has 0 spiro atoms. The second-order valence-electron chi connectivity index (χ2n) is 3.71. The van der Waals surface area contributed by atoms with E-state index >= 15 is 0 Å². The average Bonchev–Trinajstić information content (AvgIpc) is 2.36. The highest BCUT2D eigenvalue weighted by Gasteiger charge is 2.25. The molecule has 0 saturated carbocycles. The number of benzene rings is 1. The van der Waals surface area contributed by atoms with Gasteiger partial charge in [-0.1, -0.05) is 65.0 Å². The molecule has 0 bridgehead atoms. The second-order valence-corrected chi connectivity index (χ2v) is 3.71. The van der Waals surface area contributed by atoms with Crippen molar-refractivity contribution in [3.63, 3.8) is 0 Å². The van der Waals surface area contributed by atoms with Crippen LogP contribution in [-0.4, -0.2) is 0 Å². The lowest BCUT2D eigenvalue weighted by Crippen LogP contribution is -2.22. The molecule has 0 nitrogen and oxygen atoms in total. The highest BCUT2D eigenvalue weighted by atomic mass is 14.3. The van der Waals surface area contributed by atoms with Crippen molar-refractivity contribution in [1.29, 1.82) is 0 Å². The molecular formula is C15H26. The number of hydrogen-bond donors (Lipinski definition) is 0. The summed E-state index contributed by atoms with van der Waals surface area (Å²) in [5.41, 5.74) is 1.92. The van der Waals surface area contributed by atoms with Crippen molar-refractivity contribution in [2.75, 3.05) is 0 Å². The zero-order valence-electron chi connectivity index (χ0n) is 11.0. The maximum Gasteiger partial charge on any atom is -0.00548 e. The molecule has 0 heterocycles. The lowest BCUT2D eigenvalue weighted by molar-refractivity contribution is 0.382. The van der Waals surface area contributed by atoms with Crippen LogP contribution in [0.1, 0.15) is 59.4 Å². The number of hydrogen-bond acceptors (Lipinski definition) is 0. The lowest BCUT2D eigenvalue weighted by atomic mass is 9.74. The van der Waals surface area contributed by atoms with E-state index < -0.39 is 0 Å². The van der Waals surface area contributed by atoms with Crippen LogP contribution in [0.25, 0.3) is 0 Å². The molecule has 0 aliphatic rings. The molecule has 1 aromatic rings. The molecule has 86 valence electrons. The summed E-state index contributed by atoms with van der Waals surface area (Å²) in [7, 11) is 0. The smallest absolute Gasteiger partial charge is 0.00548 e. The first-order valence-electron chi connectivity index (χ1n) is 6.34. The fourth-order valence-electron chi connectivity index (χ4n) is 2.15. The molecule has 0 aliphatic carbocycles. The summed E-state index contributed by atoms with van der Waals surface area (Å²) in [6.45, 7) is 10.9. The summed E-state index contributed by atoms with van der Waals surface area (Å²) in [6.07, 6.45) is 3.72. The van der Waals surface area contributed by atoms with Crippen LogP contribution in [0.15, 0.2) is 30.3 Å². The van der Waals surface area contributed by atoms with Crippen LogP contribution in [0.5, 0.6) is 0 Å². The van der Waals surface area contributed by atoms with E-state index in [1.54, 1.807) is 0 Å². The molecule has 0 radical (unpaired) electrons. The third kappa shape index (κ3) is 3.37. The molecule has 1 aromatic carbocycles. The van der Waals surface area contributed by atoms with Crippen LogP contribution in [-0.2, 0) is 5.41 Å². The Balaban J connectivity index is 0.000000921. The third-order valence-corrected chi connectivity index (χ3v) is 3.42. The minimum atomic E-state index is 0.418. The Morgan fingerprint density at radius 2 is 1.20 bits per heavy atom. The van der Waals surface area contributed by atoms with Crippen LogP contribution in [0.3, 0.4) is 0 Å². The first kappa shape index (κ1) is 14.2. The van der Waals surface area contributed by atoms with Crippen LogP contribution in [0, 0.1) is 0 Å². The van der Waals surface area contributed by atoms with Gasteiger partial charge in [0.15, 0.2) is 0 Å². The molecule has 0 fully saturated rings. The molecule has 0 aliphatic heterocycles. The van der Waals surface area contributed by atoms with Crippen molar-refractivity contribution in [3.8, 4) is 0 Å². The molecule has 0 heteroatoms. The zero-order valence-corrected chi connectivity index (χ0v) is 11.0. The summed E-state index contributed by atoms with van der Waals surface area (Å²) in [5.74, 6) is 0. The Labute approximate surface area is 95.7 Å². The van der Waals surface area contributed by atoms with Crippen molar-refractivity contribution in [2.45, 2.75) is 59.3 Å². The average molecular weight is 206 g/mol. The van der Waals surface area contributed by atoms with Gasteiger partial charge in [-0.3, -0.25) is 0 Å². The normalized spacial score (nSPS) is 10.5. The minimum absolute atomic E-state index is 0.418. The molecule has 0 N–H and O–H groups in total. The van der Waals surface area contributed by atoms with Crippen LogP contribution in [0.4, 0.5) is 0 Å². The highest BCUT2D eigenvalue weighted by molar-refractivity contribution is 5.24. The van der Waals surface area contributed by atoms with Gasteiger partial charge in [-0.05, 0) is 30.2 Å². The molecule has 0 saturated heterocycles. The summed E-state index contributed by atoms with van der Waals surface area (Å²) < 4.78 is 0. The van der Waals surface area contributed by atoms with Gasteiger partial charge in [-0.15, -0.1) is 0 Å². The van der Waals surface area contributed by atoms with Gasteiger partial charge >= 0.3 is 0 Å². The summed E-state index contributed by atoms with van der Waals surface area (Å²) in [4.78, 5) is 0. The molecule has 0 atom stereocenters. The Morgan fingerprint density at radius 3 is 1.53 bits per heavy atom. The molecule has 15 heavy (non-hydrogen) atoms. The van der Waals surface area contributed by atoms with Gasteiger partial charge in [0, 0.05) is 0 Å². The lowest BCUT2D eigenvalue weighted by Gasteiger charge is -2.31. The Bertz CT molecular complexity index is 223. The molecular weight excluding hydrogens is 180 g/mol. The second kappa shape index (κ2) is 7.50.